The molecule has 1 atom stereocenters. The van der Waals surface area contributed by atoms with Crippen molar-refractivity contribution in [2.24, 2.45) is 0 Å². The summed E-state index contributed by atoms with van der Waals surface area (Å²) in [5.41, 5.74) is 1.26. The van der Waals surface area contributed by atoms with Crippen LogP contribution < -0.4 is 4.72 Å². The first-order chi connectivity index (χ1) is 9.59. The minimum Gasteiger partial charge on any atom is -0.297 e. The van der Waals surface area contributed by atoms with E-state index in [9.17, 15) is 8.42 Å². The van der Waals surface area contributed by atoms with E-state index in [0.29, 0.717) is 12.3 Å². The van der Waals surface area contributed by atoms with E-state index in [4.69, 9.17) is 11.6 Å². The highest BCUT2D eigenvalue weighted by Crippen LogP contribution is 2.14. The smallest absolute Gasteiger partial charge is 0.211 e. The first-order valence-corrected chi connectivity index (χ1v) is 9.10. The van der Waals surface area contributed by atoms with Crippen LogP contribution in [0.15, 0.2) is 30.3 Å². The predicted octanol–water partition coefficient (Wildman–Crippen LogP) is 1.81. The van der Waals surface area contributed by atoms with Gasteiger partial charge in [0.15, 0.2) is 0 Å². The number of halogens is 1. The van der Waals surface area contributed by atoms with Crippen LogP contribution in [-0.2, 0) is 16.6 Å². The Bertz CT molecular complexity index is 507. The van der Waals surface area contributed by atoms with E-state index in [-0.39, 0.29) is 11.8 Å². The molecule has 0 spiro atoms. The van der Waals surface area contributed by atoms with Crippen molar-refractivity contribution in [2.75, 3.05) is 24.7 Å². The molecule has 1 saturated heterocycles. The molecule has 1 aliphatic rings. The summed E-state index contributed by atoms with van der Waals surface area (Å²) >= 11 is 5.54. The van der Waals surface area contributed by atoms with Crippen LogP contribution in [0.2, 0.25) is 0 Å². The predicted molar refractivity (Wildman–Crippen MR) is 82.4 cm³/mol. The van der Waals surface area contributed by atoms with Gasteiger partial charge in [-0.3, -0.25) is 4.90 Å². The summed E-state index contributed by atoms with van der Waals surface area (Å²) in [6.07, 6.45) is 1.37. The number of rotatable bonds is 7. The Labute approximate surface area is 126 Å². The van der Waals surface area contributed by atoms with Crippen molar-refractivity contribution in [1.29, 1.82) is 0 Å². The molecule has 1 N–H and O–H groups in total. The first kappa shape index (κ1) is 15.8. The van der Waals surface area contributed by atoms with Crippen molar-refractivity contribution in [3.63, 3.8) is 0 Å². The second-order valence-corrected chi connectivity index (χ2v) is 7.44. The second kappa shape index (κ2) is 7.41. The minimum absolute atomic E-state index is 0.0269. The SMILES string of the molecule is O=S(=O)(CCCCl)NC1CCN(Cc2ccccc2)C1. The Morgan fingerprint density at radius 3 is 2.75 bits per heavy atom. The Hall–Kier alpha value is -0.620. The van der Waals surface area contributed by atoms with Crippen LogP contribution in [0.5, 0.6) is 0 Å². The second-order valence-electron chi connectivity index (χ2n) is 5.19. The molecule has 1 heterocycles. The third-order valence-electron chi connectivity index (χ3n) is 3.41. The zero-order chi connectivity index (χ0) is 14.4. The molecule has 6 heteroatoms. The molecule has 1 aromatic rings. The molecule has 0 aromatic heterocycles. The highest BCUT2D eigenvalue weighted by atomic mass is 35.5. The van der Waals surface area contributed by atoms with Gasteiger partial charge >= 0.3 is 0 Å². The summed E-state index contributed by atoms with van der Waals surface area (Å²) < 4.78 is 26.4. The maximum Gasteiger partial charge on any atom is 0.211 e. The summed E-state index contributed by atoms with van der Waals surface area (Å²) in [6.45, 7) is 2.58. The number of hydrogen-bond donors (Lipinski definition) is 1. The molecule has 1 fully saturated rings. The van der Waals surface area contributed by atoms with Crippen LogP contribution in [0.1, 0.15) is 18.4 Å². The fourth-order valence-electron chi connectivity index (χ4n) is 2.47. The van der Waals surface area contributed by atoms with Gasteiger partial charge in [-0.15, -0.1) is 11.6 Å². The molecule has 1 aliphatic heterocycles. The van der Waals surface area contributed by atoms with E-state index in [0.717, 1.165) is 26.1 Å². The fourth-order valence-corrected chi connectivity index (χ4v) is 4.11. The lowest BCUT2D eigenvalue weighted by Crippen LogP contribution is -2.38. The summed E-state index contributed by atoms with van der Waals surface area (Å²) in [4.78, 5) is 2.28. The van der Waals surface area contributed by atoms with Gasteiger partial charge in [0.25, 0.3) is 0 Å². The molecule has 1 aromatic carbocycles. The molecule has 2 rings (SSSR count). The quantitative estimate of drug-likeness (QED) is 0.781. The van der Waals surface area contributed by atoms with E-state index in [1.807, 2.05) is 18.2 Å². The van der Waals surface area contributed by atoms with Gasteiger partial charge in [0.05, 0.1) is 5.75 Å². The molecule has 20 heavy (non-hydrogen) atoms. The molecule has 4 nitrogen and oxygen atoms in total. The summed E-state index contributed by atoms with van der Waals surface area (Å²) in [5, 5.41) is 0. The van der Waals surface area contributed by atoms with Crippen LogP contribution in [0.25, 0.3) is 0 Å². The van der Waals surface area contributed by atoms with Gasteiger partial charge in [-0.05, 0) is 18.4 Å². The van der Waals surface area contributed by atoms with Crippen molar-refractivity contribution in [2.45, 2.75) is 25.4 Å². The monoisotopic (exact) mass is 316 g/mol. The van der Waals surface area contributed by atoms with E-state index in [2.05, 4.69) is 21.8 Å². The Morgan fingerprint density at radius 2 is 2.05 bits per heavy atom. The van der Waals surface area contributed by atoms with E-state index < -0.39 is 10.0 Å². The van der Waals surface area contributed by atoms with Crippen LogP contribution >= 0.6 is 11.6 Å². The highest BCUT2D eigenvalue weighted by molar-refractivity contribution is 7.89. The fraction of sp³-hybridized carbons (Fsp3) is 0.571. The summed E-state index contributed by atoms with van der Waals surface area (Å²) in [7, 11) is -3.18. The molecular formula is C14H21ClN2O2S. The van der Waals surface area contributed by atoms with Crippen LogP contribution in [-0.4, -0.2) is 44.1 Å². The van der Waals surface area contributed by atoms with Gasteiger partial charge in [-0.2, -0.15) is 0 Å². The number of nitrogens with one attached hydrogen (secondary N) is 1. The van der Waals surface area contributed by atoms with Crippen molar-refractivity contribution < 1.29 is 8.42 Å². The highest BCUT2D eigenvalue weighted by Gasteiger charge is 2.25. The number of hydrogen-bond acceptors (Lipinski definition) is 3. The van der Waals surface area contributed by atoms with Crippen LogP contribution in [0.3, 0.4) is 0 Å². The Balaban J connectivity index is 1.80. The topological polar surface area (TPSA) is 49.4 Å². The molecular weight excluding hydrogens is 296 g/mol. The molecule has 0 amide bonds. The van der Waals surface area contributed by atoms with Crippen LogP contribution in [0.4, 0.5) is 0 Å². The van der Waals surface area contributed by atoms with Gasteiger partial charge in [-0.1, -0.05) is 30.3 Å². The third-order valence-corrected chi connectivity index (χ3v) is 5.20. The van der Waals surface area contributed by atoms with Gasteiger partial charge in [-0.25, -0.2) is 13.1 Å². The molecule has 1 unspecified atom stereocenters. The van der Waals surface area contributed by atoms with Gasteiger partial charge < -0.3 is 0 Å². The average molecular weight is 317 g/mol. The van der Waals surface area contributed by atoms with Gasteiger partial charge in [0.2, 0.25) is 10.0 Å². The number of likely N-dealkylation sites (tertiary alicyclic amines) is 1. The molecule has 0 saturated carbocycles. The maximum atomic E-state index is 11.8. The first-order valence-electron chi connectivity index (χ1n) is 6.91. The number of benzene rings is 1. The van der Waals surface area contributed by atoms with Crippen LogP contribution in [0, 0.1) is 0 Å². The number of alkyl halides is 1. The van der Waals surface area contributed by atoms with Gasteiger partial charge in [0.1, 0.15) is 0 Å². The number of sulfonamides is 1. The lowest BCUT2D eigenvalue weighted by Gasteiger charge is -2.16. The number of nitrogens with zero attached hydrogens (tertiary/aromatic N) is 1. The molecule has 0 radical (unpaired) electrons. The van der Waals surface area contributed by atoms with Crippen molar-refractivity contribution in [3.05, 3.63) is 35.9 Å². The lowest BCUT2D eigenvalue weighted by atomic mass is 10.2. The van der Waals surface area contributed by atoms with E-state index in [1.165, 1.54) is 5.56 Å². The Morgan fingerprint density at radius 1 is 1.30 bits per heavy atom. The zero-order valence-electron chi connectivity index (χ0n) is 11.5. The molecule has 0 bridgehead atoms. The standard InChI is InChI=1S/C14H21ClN2O2S/c15-8-4-10-20(18,19)16-14-7-9-17(12-14)11-13-5-2-1-3-6-13/h1-3,5-6,14,16H,4,7-12H2. The maximum absolute atomic E-state index is 11.8. The van der Waals surface area contributed by atoms with E-state index in [1.54, 1.807) is 0 Å². The summed E-state index contributed by atoms with van der Waals surface area (Å²) in [6, 6.07) is 10.3. The lowest BCUT2D eigenvalue weighted by molar-refractivity contribution is 0.324. The third kappa shape index (κ3) is 5.05. The average Bonchev–Trinajstić information content (AvgIpc) is 2.84. The summed E-state index contributed by atoms with van der Waals surface area (Å²) in [5.74, 6) is 0.497. The largest absolute Gasteiger partial charge is 0.297 e. The van der Waals surface area contributed by atoms with Crippen molar-refractivity contribution >= 4 is 21.6 Å². The molecule has 112 valence electrons. The van der Waals surface area contributed by atoms with Gasteiger partial charge in [0, 0.05) is 31.6 Å². The normalized spacial score (nSPS) is 20.4. The minimum atomic E-state index is -3.18. The zero-order valence-corrected chi connectivity index (χ0v) is 13.0. The Kier molecular flexibility index (Phi) is 5.84. The molecule has 0 aliphatic carbocycles. The van der Waals surface area contributed by atoms with E-state index >= 15 is 0 Å². The van der Waals surface area contributed by atoms with Crippen molar-refractivity contribution in [1.82, 2.24) is 9.62 Å². The van der Waals surface area contributed by atoms with Crippen molar-refractivity contribution in [3.8, 4) is 0 Å².